The Bertz CT molecular complexity index is 835. The number of rotatable bonds is 5. The molecule has 0 bridgehead atoms. The molecule has 0 saturated carbocycles. The zero-order chi connectivity index (χ0) is 19.5. The van der Waals surface area contributed by atoms with Gasteiger partial charge < -0.3 is 14.5 Å². The maximum atomic E-state index is 13.2. The van der Waals surface area contributed by atoms with Gasteiger partial charge in [-0.3, -0.25) is 9.59 Å². The number of benzene rings is 2. The minimum atomic E-state index is -0.872. The van der Waals surface area contributed by atoms with Crippen molar-refractivity contribution in [2.75, 3.05) is 13.1 Å². The largest absolute Gasteiger partial charge is 0.478 e. The van der Waals surface area contributed by atoms with Gasteiger partial charge in [0.1, 0.15) is 11.6 Å². The van der Waals surface area contributed by atoms with Gasteiger partial charge >= 0.3 is 0 Å². The average molecular weight is 382 g/mol. The summed E-state index contributed by atoms with van der Waals surface area (Å²) in [5.41, 5.74) is 0.965. The van der Waals surface area contributed by atoms with Crippen LogP contribution in [0.3, 0.4) is 0 Å². The number of amides is 2. The zero-order valence-corrected chi connectivity index (χ0v) is 15.6. The van der Waals surface area contributed by atoms with Crippen LogP contribution in [-0.4, -0.2) is 46.8 Å². The number of hydrogen-bond acceptors (Lipinski definition) is 3. The summed E-state index contributed by atoms with van der Waals surface area (Å²) in [6.45, 7) is 1.80. The molecule has 0 unspecified atom stereocenters. The monoisotopic (exact) mass is 382 g/mol. The van der Waals surface area contributed by atoms with Crippen LogP contribution in [0.15, 0.2) is 54.6 Å². The maximum absolute atomic E-state index is 13.2. The molecular formula is C22H23FN2O3. The van der Waals surface area contributed by atoms with E-state index in [1.54, 1.807) is 4.90 Å². The third-order valence-corrected chi connectivity index (χ3v) is 5.34. The SMILES string of the molecule is O=C([C@@H]1[C@H](Oc2ccc(F)cc2)C(=O)N1Cc1ccccc1)N1CCCCC1. The van der Waals surface area contributed by atoms with Crippen LogP contribution in [0.25, 0.3) is 0 Å². The van der Waals surface area contributed by atoms with E-state index in [0.717, 1.165) is 24.8 Å². The van der Waals surface area contributed by atoms with Gasteiger partial charge in [-0.15, -0.1) is 0 Å². The number of β-lactam (4-membered cyclic amide) rings is 1. The molecule has 0 radical (unpaired) electrons. The van der Waals surface area contributed by atoms with Gasteiger partial charge in [-0.1, -0.05) is 30.3 Å². The van der Waals surface area contributed by atoms with Crippen LogP contribution in [0.5, 0.6) is 5.75 Å². The van der Waals surface area contributed by atoms with Crippen LogP contribution in [0.2, 0.25) is 0 Å². The Morgan fingerprint density at radius 3 is 2.36 bits per heavy atom. The second-order valence-corrected chi connectivity index (χ2v) is 7.27. The Morgan fingerprint density at radius 1 is 1.00 bits per heavy atom. The smallest absolute Gasteiger partial charge is 0.267 e. The molecule has 0 aromatic heterocycles. The lowest BCUT2D eigenvalue weighted by Gasteiger charge is -2.47. The third kappa shape index (κ3) is 3.72. The lowest BCUT2D eigenvalue weighted by molar-refractivity contribution is -0.174. The zero-order valence-electron chi connectivity index (χ0n) is 15.6. The summed E-state index contributed by atoms with van der Waals surface area (Å²) in [5.74, 6) is -0.277. The number of carbonyl (C=O) groups excluding carboxylic acids is 2. The summed E-state index contributed by atoms with van der Waals surface area (Å²) in [6, 6.07) is 14.5. The molecule has 2 fully saturated rings. The molecule has 2 heterocycles. The van der Waals surface area contributed by atoms with Gasteiger partial charge in [0.15, 0.2) is 6.04 Å². The van der Waals surface area contributed by atoms with E-state index in [1.165, 1.54) is 24.3 Å². The lowest BCUT2D eigenvalue weighted by Crippen LogP contribution is -2.71. The topological polar surface area (TPSA) is 49.9 Å². The van der Waals surface area contributed by atoms with Crippen molar-refractivity contribution in [3.8, 4) is 5.75 Å². The molecule has 2 aliphatic rings. The molecule has 2 atom stereocenters. The first-order valence-corrected chi connectivity index (χ1v) is 9.69. The molecule has 2 aromatic carbocycles. The number of piperidine rings is 1. The highest BCUT2D eigenvalue weighted by Gasteiger charge is 2.54. The van der Waals surface area contributed by atoms with Gasteiger partial charge in [-0.05, 0) is 49.1 Å². The molecule has 2 aliphatic heterocycles. The van der Waals surface area contributed by atoms with E-state index >= 15 is 0 Å². The van der Waals surface area contributed by atoms with Gasteiger partial charge in [0.25, 0.3) is 5.91 Å². The van der Waals surface area contributed by atoms with E-state index in [1.807, 2.05) is 35.2 Å². The summed E-state index contributed by atoms with van der Waals surface area (Å²) >= 11 is 0. The first-order valence-electron chi connectivity index (χ1n) is 9.69. The molecule has 5 nitrogen and oxygen atoms in total. The number of likely N-dealkylation sites (tertiary alicyclic amines) is 2. The molecule has 2 amide bonds. The molecular weight excluding hydrogens is 359 g/mol. The minimum Gasteiger partial charge on any atom is -0.478 e. The van der Waals surface area contributed by atoms with Gasteiger partial charge in [-0.2, -0.15) is 0 Å². The van der Waals surface area contributed by atoms with Gasteiger partial charge in [0, 0.05) is 19.6 Å². The highest BCUT2D eigenvalue weighted by molar-refractivity contribution is 6.01. The molecule has 6 heteroatoms. The second kappa shape index (κ2) is 8.00. The molecule has 0 aliphatic carbocycles. The summed E-state index contributed by atoms with van der Waals surface area (Å²) in [7, 11) is 0. The Balaban J connectivity index is 1.54. The first-order chi connectivity index (χ1) is 13.6. The van der Waals surface area contributed by atoms with E-state index in [9.17, 15) is 14.0 Å². The molecule has 146 valence electrons. The molecule has 28 heavy (non-hydrogen) atoms. The van der Waals surface area contributed by atoms with Crippen LogP contribution >= 0.6 is 0 Å². The summed E-state index contributed by atoms with van der Waals surface area (Å²) < 4.78 is 19.0. The van der Waals surface area contributed by atoms with Gasteiger partial charge in [0.05, 0.1) is 0 Å². The molecule has 2 aromatic rings. The predicted molar refractivity (Wildman–Crippen MR) is 102 cm³/mol. The van der Waals surface area contributed by atoms with Crippen LogP contribution in [0.1, 0.15) is 24.8 Å². The van der Waals surface area contributed by atoms with Crippen molar-refractivity contribution in [2.45, 2.75) is 38.0 Å². The first kappa shape index (κ1) is 18.5. The average Bonchev–Trinajstić information content (AvgIpc) is 2.75. The number of halogens is 1. The maximum Gasteiger partial charge on any atom is 0.267 e. The van der Waals surface area contributed by atoms with E-state index in [4.69, 9.17) is 4.74 Å². The highest BCUT2D eigenvalue weighted by Crippen LogP contribution is 2.30. The van der Waals surface area contributed by atoms with Crippen LogP contribution < -0.4 is 4.74 Å². The van der Waals surface area contributed by atoms with E-state index in [2.05, 4.69) is 0 Å². The Morgan fingerprint density at radius 2 is 1.68 bits per heavy atom. The van der Waals surface area contributed by atoms with Gasteiger partial charge in [-0.25, -0.2) is 4.39 Å². The second-order valence-electron chi connectivity index (χ2n) is 7.27. The summed E-state index contributed by atoms with van der Waals surface area (Å²) in [4.78, 5) is 29.4. The number of hydrogen-bond donors (Lipinski definition) is 0. The fourth-order valence-electron chi connectivity index (χ4n) is 3.81. The summed E-state index contributed by atoms with van der Waals surface area (Å²) in [6.07, 6.45) is 2.21. The fourth-order valence-corrected chi connectivity index (χ4v) is 3.81. The van der Waals surface area contributed by atoms with E-state index in [0.29, 0.717) is 25.4 Å². The van der Waals surface area contributed by atoms with Crippen molar-refractivity contribution in [3.63, 3.8) is 0 Å². The van der Waals surface area contributed by atoms with Crippen LogP contribution in [0, 0.1) is 5.82 Å². The Labute approximate surface area is 163 Å². The standard InChI is InChI=1S/C22H23FN2O3/c23-17-9-11-18(12-10-17)28-20-19(21(26)24-13-5-2-6-14-24)25(22(20)27)15-16-7-3-1-4-8-16/h1,3-4,7-12,19-20H,2,5-6,13-15H2/t19-,20-/m0/s1. The van der Waals surface area contributed by atoms with E-state index in [-0.39, 0.29) is 17.6 Å². The van der Waals surface area contributed by atoms with Crippen molar-refractivity contribution in [2.24, 2.45) is 0 Å². The number of nitrogens with zero attached hydrogens (tertiary/aromatic N) is 2. The van der Waals surface area contributed by atoms with Crippen LogP contribution in [-0.2, 0) is 16.1 Å². The number of carbonyl (C=O) groups is 2. The number of ether oxygens (including phenoxy) is 1. The Kier molecular flexibility index (Phi) is 5.28. The van der Waals surface area contributed by atoms with Crippen molar-refractivity contribution in [1.29, 1.82) is 0 Å². The highest BCUT2D eigenvalue weighted by atomic mass is 19.1. The molecule has 2 saturated heterocycles. The lowest BCUT2D eigenvalue weighted by atomic mass is 9.94. The summed E-state index contributed by atoms with van der Waals surface area (Å²) in [5, 5.41) is 0. The predicted octanol–water partition coefficient (Wildman–Crippen LogP) is 3.00. The van der Waals surface area contributed by atoms with Crippen molar-refractivity contribution in [3.05, 3.63) is 66.0 Å². The quantitative estimate of drug-likeness (QED) is 0.747. The van der Waals surface area contributed by atoms with Crippen molar-refractivity contribution in [1.82, 2.24) is 9.80 Å². The van der Waals surface area contributed by atoms with E-state index < -0.39 is 12.1 Å². The molecule has 4 rings (SSSR count). The fraction of sp³-hybridized carbons (Fsp3) is 0.364. The van der Waals surface area contributed by atoms with Gasteiger partial charge in [0.2, 0.25) is 12.0 Å². The third-order valence-electron chi connectivity index (χ3n) is 5.34. The van der Waals surface area contributed by atoms with Crippen molar-refractivity contribution < 1.29 is 18.7 Å². The Hall–Kier alpha value is -2.89. The van der Waals surface area contributed by atoms with Crippen LogP contribution in [0.4, 0.5) is 4.39 Å². The molecule has 0 N–H and O–H groups in total. The minimum absolute atomic E-state index is 0.0673. The van der Waals surface area contributed by atoms with Crippen molar-refractivity contribution >= 4 is 11.8 Å². The molecule has 0 spiro atoms. The normalized spacial score (nSPS) is 22.0.